The van der Waals surface area contributed by atoms with Crippen molar-refractivity contribution < 1.29 is 4.79 Å². The molecule has 3 heteroatoms. The molecular formula is C18H23NOS. The smallest absolute Gasteiger partial charge is 0.251 e. The Kier molecular flexibility index (Phi) is 5.57. The first-order chi connectivity index (χ1) is 10.1. The van der Waals surface area contributed by atoms with Gasteiger partial charge < -0.3 is 5.32 Å². The minimum Gasteiger partial charge on any atom is -0.350 e. The molecule has 2 aromatic rings. The van der Waals surface area contributed by atoms with E-state index in [-0.39, 0.29) is 11.9 Å². The second-order valence-corrected chi connectivity index (χ2v) is 6.75. The van der Waals surface area contributed by atoms with E-state index in [1.54, 1.807) is 11.3 Å². The van der Waals surface area contributed by atoms with Gasteiger partial charge in [0.05, 0.1) is 0 Å². The molecule has 2 nitrogen and oxygen atoms in total. The van der Waals surface area contributed by atoms with Gasteiger partial charge in [-0.3, -0.25) is 4.79 Å². The molecule has 0 radical (unpaired) electrons. The fourth-order valence-electron chi connectivity index (χ4n) is 2.58. The van der Waals surface area contributed by atoms with Gasteiger partial charge in [-0.2, -0.15) is 11.3 Å². The maximum Gasteiger partial charge on any atom is 0.251 e. The average molecular weight is 301 g/mol. The van der Waals surface area contributed by atoms with Crippen LogP contribution in [0.15, 0.2) is 41.1 Å². The van der Waals surface area contributed by atoms with Gasteiger partial charge >= 0.3 is 0 Å². The molecule has 0 saturated carbocycles. The molecule has 1 atom stereocenters. The van der Waals surface area contributed by atoms with Crippen LogP contribution < -0.4 is 5.32 Å². The minimum atomic E-state index is 0.0361. The predicted octanol–water partition coefficient (Wildman–Crippen LogP) is 4.50. The van der Waals surface area contributed by atoms with Crippen molar-refractivity contribution >= 4 is 17.2 Å². The van der Waals surface area contributed by atoms with Crippen molar-refractivity contribution in [2.75, 3.05) is 0 Å². The van der Waals surface area contributed by atoms with E-state index in [0.717, 1.165) is 24.0 Å². The molecule has 1 heterocycles. The lowest BCUT2D eigenvalue weighted by Crippen LogP contribution is -2.34. The Bertz CT molecular complexity index is 575. The molecular weight excluding hydrogens is 278 g/mol. The van der Waals surface area contributed by atoms with Crippen molar-refractivity contribution in [3.63, 3.8) is 0 Å². The third-order valence-electron chi connectivity index (χ3n) is 3.44. The summed E-state index contributed by atoms with van der Waals surface area (Å²) >= 11 is 1.69. The van der Waals surface area contributed by atoms with Crippen molar-refractivity contribution in [2.24, 2.45) is 5.92 Å². The van der Waals surface area contributed by atoms with E-state index in [1.165, 1.54) is 5.56 Å². The quantitative estimate of drug-likeness (QED) is 0.836. The van der Waals surface area contributed by atoms with E-state index in [2.05, 4.69) is 42.9 Å². The van der Waals surface area contributed by atoms with Gasteiger partial charge in [-0.25, -0.2) is 0 Å². The van der Waals surface area contributed by atoms with E-state index in [1.807, 2.05) is 24.3 Å². The van der Waals surface area contributed by atoms with Crippen LogP contribution in [-0.2, 0) is 6.42 Å². The third kappa shape index (κ3) is 4.71. The predicted molar refractivity (Wildman–Crippen MR) is 90.0 cm³/mol. The fourth-order valence-corrected chi connectivity index (χ4v) is 3.25. The molecule has 21 heavy (non-hydrogen) atoms. The van der Waals surface area contributed by atoms with Gasteiger partial charge in [0, 0.05) is 11.6 Å². The largest absolute Gasteiger partial charge is 0.350 e. The van der Waals surface area contributed by atoms with Crippen LogP contribution in [0.5, 0.6) is 0 Å². The van der Waals surface area contributed by atoms with Crippen LogP contribution >= 0.6 is 11.3 Å². The molecule has 1 unspecified atom stereocenters. The van der Waals surface area contributed by atoms with E-state index < -0.39 is 0 Å². The number of hydrogen-bond donors (Lipinski definition) is 1. The van der Waals surface area contributed by atoms with E-state index in [9.17, 15) is 4.79 Å². The maximum atomic E-state index is 12.5. The van der Waals surface area contributed by atoms with Gasteiger partial charge in [0.25, 0.3) is 5.91 Å². The Morgan fingerprint density at radius 3 is 2.62 bits per heavy atom. The molecule has 0 aliphatic carbocycles. The highest BCUT2D eigenvalue weighted by Gasteiger charge is 2.14. The Hall–Kier alpha value is -1.61. The second kappa shape index (κ2) is 7.41. The Morgan fingerprint density at radius 2 is 1.95 bits per heavy atom. The first kappa shape index (κ1) is 15.8. The number of rotatable bonds is 6. The highest BCUT2D eigenvalue weighted by molar-refractivity contribution is 7.07. The van der Waals surface area contributed by atoms with Crippen molar-refractivity contribution in [1.29, 1.82) is 0 Å². The summed E-state index contributed by atoms with van der Waals surface area (Å²) in [6.45, 7) is 6.42. The first-order valence-electron chi connectivity index (χ1n) is 7.46. The van der Waals surface area contributed by atoms with Crippen molar-refractivity contribution in [2.45, 2.75) is 39.7 Å². The van der Waals surface area contributed by atoms with Gasteiger partial charge in [-0.15, -0.1) is 0 Å². The molecule has 0 saturated heterocycles. The van der Waals surface area contributed by atoms with Crippen LogP contribution in [0.4, 0.5) is 0 Å². The summed E-state index contributed by atoms with van der Waals surface area (Å²) in [5.74, 6) is 0.621. The van der Waals surface area contributed by atoms with Crippen LogP contribution in [0.25, 0.3) is 0 Å². The molecule has 1 aromatic carbocycles. The monoisotopic (exact) mass is 301 g/mol. The van der Waals surface area contributed by atoms with Crippen LogP contribution in [0.3, 0.4) is 0 Å². The summed E-state index contributed by atoms with van der Waals surface area (Å²) < 4.78 is 0. The zero-order valence-electron chi connectivity index (χ0n) is 12.9. The molecule has 0 fully saturated rings. The molecule has 112 valence electrons. The lowest BCUT2D eigenvalue weighted by Gasteiger charge is -2.17. The van der Waals surface area contributed by atoms with Crippen LogP contribution in [-0.4, -0.2) is 11.9 Å². The summed E-state index contributed by atoms with van der Waals surface area (Å²) in [5.41, 5.74) is 3.14. The molecule has 1 N–H and O–H groups in total. The lowest BCUT2D eigenvalue weighted by atomic mass is 10.00. The molecule has 0 bridgehead atoms. The second-order valence-electron chi connectivity index (χ2n) is 5.97. The molecule has 0 spiro atoms. The molecule has 2 rings (SSSR count). The summed E-state index contributed by atoms with van der Waals surface area (Å²) in [7, 11) is 0. The Morgan fingerprint density at radius 1 is 1.19 bits per heavy atom. The molecule has 0 aliphatic rings. The van der Waals surface area contributed by atoms with Gasteiger partial charge in [-0.1, -0.05) is 32.0 Å². The van der Waals surface area contributed by atoms with Gasteiger partial charge in [0.1, 0.15) is 0 Å². The van der Waals surface area contributed by atoms with Crippen molar-refractivity contribution in [3.05, 3.63) is 57.8 Å². The third-order valence-corrected chi connectivity index (χ3v) is 4.17. The number of hydrogen-bond acceptors (Lipinski definition) is 2. The summed E-state index contributed by atoms with van der Waals surface area (Å²) in [5, 5.41) is 7.32. The average Bonchev–Trinajstić information content (AvgIpc) is 2.91. The zero-order chi connectivity index (χ0) is 15.2. The number of carbonyl (C=O) groups excluding carboxylic acids is 1. The number of benzene rings is 1. The normalized spacial score (nSPS) is 12.4. The standard InChI is InChI=1S/C18H23NOS/c1-13(2)10-14(3)19-18(20)17-7-5-4-6-16(17)11-15-8-9-21-12-15/h4-9,12-14H,10-11H2,1-3H3,(H,19,20). The summed E-state index contributed by atoms with van der Waals surface area (Å²) in [6.07, 6.45) is 1.81. The Balaban J connectivity index is 2.10. The van der Waals surface area contributed by atoms with E-state index in [0.29, 0.717) is 5.92 Å². The summed E-state index contributed by atoms with van der Waals surface area (Å²) in [6, 6.07) is 10.2. The maximum absolute atomic E-state index is 12.5. The van der Waals surface area contributed by atoms with Crippen LogP contribution in [0.2, 0.25) is 0 Å². The van der Waals surface area contributed by atoms with Crippen molar-refractivity contribution in [3.8, 4) is 0 Å². The summed E-state index contributed by atoms with van der Waals surface area (Å²) in [4.78, 5) is 12.5. The topological polar surface area (TPSA) is 29.1 Å². The zero-order valence-corrected chi connectivity index (χ0v) is 13.7. The SMILES string of the molecule is CC(C)CC(C)NC(=O)c1ccccc1Cc1ccsc1. The van der Waals surface area contributed by atoms with Crippen molar-refractivity contribution in [1.82, 2.24) is 5.32 Å². The van der Waals surface area contributed by atoms with Crippen LogP contribution in [0, 0.1) is 5.92 Å². The van der Waals surface area contributed by atoms with Gasteiger partial charge in [0.2, 0.25) is 0 Å². The Labute approximate surface area is 131 Å². The minimum absolute atomic E-state index is 0.0361. The fraction of sp³-hybridized carbons (Fsp3) is 0.389. The van der Waals surface area contributed by atoms with E-state index in [4.69, 9.17) is 0 Å². The lowest BCUT2D eigenvalue weighted by molar-refractivity contribution is 0.0935. The van der Waals surface area contributed by atoms with Gasteiger partial charge in [-0.05, 0) is 59.7 Å². The number of amides is 1. The molecule has 0 aliphatic heterocycles. The van der Waals surface area contributed by atoms with E-state index >= 15 is 0 Å². The van der Waals surface area contributed by atoms with Gasteiger partial charge in [0.15, 0.2) is 0 Å². The van der Waals surface area contributed by atoms with Crippen LogP contribution in [0.1, 0.15) is 48.7 Å². The molecule has 1 aromatic heterocycles. The highest BCUT2D eigenvalue weighted by atomic mass is 32.1. The highest BCUT2D eigenvalue weighted by Crippen LogP contribution is 2.17. The number of thiophene rings is 1. The number of carbonyl (C=O) groups is 1. The molecule has 1 amide bonds. The first-order valence-corrected chi connectivity index (χ1v) is 8.40. The number of nitrogens with one attached hydrogen (secondary N) is 1.